The molecule has 2 aromatic heterocycles. The lowest BCUT2D eigenvalue weighted by atomic mass is 9.79. The second kappa shape index (κ2) is 5.28. The van der Waals surface area contributed by atoms with Crippen molar-refractivity contribution in [1.29, 1.82) is 0 Å². The van der Waals surface area contributed by atoms with Gasteiger partial charge in [-0.3, -0.25) is 14.8 Å². The van der Waals surface area contributed by atoms with Crippen LogP contribution in [0.4, 0.5) is 0 Å². The molecular weight excluding hydrogens is 262 g/mol. The minimum Gasteiger partial charge on any atom is -0.472 e. The fourth-order valence-electron chi connectivity index (χ4n) is 3.83. The lowest BCUT2D eigenvalue weighted by Gasteiger charge is -2.48. The molecule has 0 atom stereocenters. The quantitative estimate of drug-likeness (QED) is 0.862. The fraction of sp³-hybridized carbons (Fsp3) is 0.471. The standard InChI is InChI=1S/C17H21N3O/c1-2-15(8-18-5-1)9-20-13-17(14-20)4-6-19(12-17)10-16-3-7-21-11-16/h1-3,5,7-8,11H,4,6,9-10,12-14H2. The molecule has 0 amide bonds. The highest BCUT2D eigenvalue weighted by Crippen LogP contribution is 2.40. The maximum atomic E-state index is 5.16. The van der Waals surface area contributed by atoms with Crippen LogP contribution in [0.5, 0.6) is 0 Å². The zero-order chi connectivity index (χ0) is 14.1. The van der Waals surface area contributed by atoms with Crippen LogP contribution in [0.2, 0.25) is 0 Å². The van der Waals surface area contributed by atoms with Crippen LogP contribution in [0.3, 0.4) is 0 Å². The molecule has 0 aromatic carbocycles. The number of hydrogen-bond acceptors (Lipinski definition) is 4. The highest BCUT2D eigenvalue weighted by atomic mass is 16.3. The Morgan fingerprint density at radius 3 is 2.71 bits per heavy atom. The van der Waals surface area contributed by atoms with Gasteiger partial charge >= 0.3 is 0 Å². The molecule has 0 unspecified atom stereocenters. The Balaban J connectivity index is 1.29. The van der Waals surface area contributed by atoms with E-state index < -0.39 is 0 Å². The van der Waals surface area contributed by atoms with Crippen LogP contribution >= 0.6 is 0 Å². The van der Waals surface area contributed by atoms with Gasteiger partial charge < -0.3 is 4.42 Å². The summed E-state index contributed by atoms with van der Waals surface area (Å²) in [7, 11) is 0. The third kappa shape index (κ3) is 2.74. The second-order valence-corrected chi connectivity index (χ2v) is 6.60. The summed E-state index contributed by atoms with van der Waals surface area (Å²) in [5.74, 6) is 0. The SMILES string of the molecule is c1cncc(CN2CC3(CCN(Cc4ccoc4)C3)C2)c1. The van der Waals surface area contributed by atoms with E-state index in [1.165, 1.54) is 43.7 Å². The fourth-order valence-corrected chi connectivity index (χ4v) is 3.83. The number of furan rings is 1. The maximum absolute atomic E-state index is 5.16. The molecule has 2 saturated heterocycles. The van der Waals surface area contributed by atoms with Crippen molar-refractivity contribution in [3.05, 3.63) is 54.2 Å². The Labute approximate surface area is 125 Å². The van der Waals surface area contributed by atoms with E-state index in [-0.39, 0.29) is 0 Å². The van der Waals surface area contributed by atoms with E-state index in [4.69, 9.17) is 4.42 Å². The predicted octanol–water partition coefficient (Wildman–Crippen LogP) is 2.38. The van der Waals surface area contributed by atoms with E-state index >= 15 is 0 Å². The molecule has 0 N–H and O–H groups in total. The van der Waals surface area contributed by atoms with E-state index in [0.29, 0.717) is 5.41 Å². The average molecular weight is 283 g/mol. The largest absolute Gasteiger partial charge is 0.472 e. The van der Waals surface area contributed by atoms with Crippen LogP contribution in [-0.4, -0.2) is 41.0 Å². The van der Waals surface area contributed by atoms with Crippen LogP contribution in [0.15, 0.2) is 47.5 Å². The first-order chi connectivity index (χ1) is 10.3. The summed E-state index contributed by atoms with van der Waals surface area (Å²) in [5.41, 5.74) is 3.14. The molecule has 4 nitrogen and oxygen atoms in total. The first-order valence-electron chi connectivity index (χ1n) is 7.66. The van der Waals surface area contributed by atoms with Crippen molar-refractivity contribution in [2.75, 3.05) is 26.2 Å². The zero-order valence-corrected chi connectivity index (χ0v) is 12.2. The molecule has 2 aliphatic rings. The molecule has 0 saturated carbocycles. The molecule has 0 bridgehead atoms. The lowest BCUT2D eigenvalue weighted by Crippen LogP contribution is -2.56. The van der Waals surface area contributed by atoms with Crippen molar-refractivity contribution in [2.24, 2.45) is 5.41 Å². The molecule has 4 heteroatoms. The molecule has 2 aromatic rings. The predicted molar refractivity (Wildman–Crippen MR) is 80.5 cm³/mol. The molecular formula is C17H21N3O. The summed E-state index contributed by atoms with van der Waals surface area (Å²) in [6, 6.07) is 6.26. The average Bonchev–Trinajstić information content (AvgIpc) is 3.10. The molecule has 110 valence electrons. The number of rotatable bonds is 4. The smallest absolute Gasteiger partial charge is 0.0947 e. The summed E-state index contributed by atoms with van der Waals surface area (Å²) >= 11 is 0. The van der Waals surface area contributed by atoms with Gasteiger partial charge in [-0.25, -0.2) is 0 Å². The minimum atomic E-state index is 0.534. The minimum absolute atomic E-state index is 0.534. The monoisotopic (exact) mass is 283 g/mol. The van der Waals surface area contributed by atoms with Gasteiger partial charge in [-0.05, 0) is 30.7 Å². The number of likely N-dealkylation sites (tertiary alicyclic amines) is 2. The topological polar surface area (TPSA) is 32.5 Å². The molecule has 4 heterocycles. The highest BCUT2D eigenvalue weighted by molar-refractivity contribution is 5.12. The normalized spacial score (nSPS) is 21.7. The van der Waals surface area contributed by atoms with Gasteiger partial charge in [0.1, 0.15) is 0 Å². The first-order valence-corrected chi connectivity index (χ1v) is 7.66. The Morgan fingerprint density at radius 1 is 1.10 bits per heavy atom. The van der Waals surface area contributed by atoms with Gasteiger partial charge in [0.25, 0.3) is 0 Å². The molecule has 2 fully saturated rings. The van der Waals surface area contributed by atoms with Crippen molar-refractivity contribution < 1.29 is 4.42 Å². The number of pyridine rings is 1. The Bertz CT molecular complexity index is 575. The summed E-state index contributed by atoms with van der Waals surface area (Å²) in [6.45, 7) is 6.96. The van der Waals surface area contributed by atoms with Crippen LogP contribution in [-0.2, 0) is 13.1 Å². The van der Waals surface area contributed by atoms with Gasteiger partial charge in [0, 0.05) is 56.1 Å². The number of hydrogen-bond donors (Lipinski definition) is 0. The van der Waals surface area contributed by atoms with Crippen LogP contribution < -0.4 is 0 Å². The van der Waals surface area contributed by atoms with Crippen LogP contribution in [0.1, 0.15) is 17.5 Å². The van der Waals surface area contributed by atoms with E-state index in [9.17, 15) is 0 Å². The van der Waals surface area contributed by atoms with Crippen molar-refractivity contribution in [2.45, 2.75) is 19.5 Å². The molecule has 2 aliphatic heterocycles. The van der Waals surface area contributed by atoms with Crippen molar-refractivity contribution in [3.8, 4) is 0 Å². The molecule has 4 rings (SSSR count). The first kappa shape index (κ1) is 13.0. The highest BCUT2D eigenvalue weighted by Gasteiger charge is 2.47. The molecule has 1 spiro atoms. The zero-order valence-electron chi connectivity index (χ0n) is 12.2. The molecule has 0 radical (unpaired) electrons. The maximum Gasteiger partial charge on any atom is 0.0947 e. The summed E-state index contributed by atoms with van der Waals surface area (Å²) < 4.78 is 5.16. The Morgan fingerprint density at radius 2 is 1.95 bits per heavy atom. The van der Waals surface area contributed by atoms with Gasteiger partial charge in [0.15, 0.2) is 0 Å². The van der Waals surface area contributed by atoms with E-state index in [2.05, 4.69) is 26.9 Å². The third-order valence-electron chi connectivity index (χ3n) is 4.75. The van der Waals surface area contributed by atoms with Crippen LogP contribution in [0.25, 0.3) is 0 Å². The summed E-state index contributed by atoms with van der Waals surface area (Å²) in [5, 5.41) is 0. The lowest BCUT2D eigenvalue weighted by molar-refractivity contribution is 0.00153. The van der Waals surface area contributed by atoms with E-state index in [1.807, 2.05) is 24.7 Å². The van der Waals surface area contributed by atoms with Gasteiger partial charge in [-0.2, -0.15) is 0 Å². The van der Waals surface area contributed by atoms with Crippen molar-refractivity contribution in [1.82, 2.24) is 14.8 Å². The number of aromatic nitrogens is 1. The van der Waals surface area contributed by atoms with Crippen LogP contribution in [0, 0.1) is 5.41 Å². The second-order valence-electron chi connectivity index (χ2n) is 6.60. The molecule has 21 heavy (non-hydrogen) atoms. The Hall–Kier alpha value is -1.65. The van der Waals surface area contributed by atoms with Gasteiger partial charge in [0.05, 0.1) is 12.5 Å². The van der Waals surface area contributed by atoms with E-state index in [1.54, 1.807) is 6.26 Å². The Kier molecular flexibility index (Phi) is 3.28. The van der Waals surface area contributed by atoms with Gasteiger partial charge in [-0.15, -0.1) is 0 Å². The van der Waals surface area contributed by atoms with Gasteiger partial charge in [-0.1, -0.05) is 6.07 Å². The van der Waals surface area contributed by atoms with Gasteiger partial charge in [0.2, 0.25) is 0 Å². The summed E-state index contributed by atoms with van der Waals surface area (Å²) in [6.07, 6.45) is 8.77. The third-order valence-corrected chi connectivity index (χ3v) is 4.75. The number of nitrogens with zero attached hydrogens (tertiary/aromatic N) is 3. The molecule has 0 aliphatic carbocycles. The summed E-state index contributed by atoms with van der Waals surface area (Å²) in [4.78, 5) is 9.30. The van der Waals surface area contributed by atoms with E-state index in [0.717, 1.165) is 13.1 Å². The van der Waals surface area contributed by atoms with Crippen molar-refractivity contribution >= 4 is 0 Å². The van der Waals surface area contributed by atoms with Crippen molar-refractivity contribution in [3.63, 3.8) is 0 Å².